The number of aliphatic hydroxyl groups is 1. The first-order chi connectivity index (χ1) is 18.5. The SMILES string of the molecule is C#C[C@@]1(O)CCC2C3CCC4=CC(=NOCC(=O)NC(CCCC(=N)N)C(=O)OC)CC[C@]4(C)C3CC[C@@]21C. The predicted molar refractivity (Wildman–Crippen MR) is 149 cm³/mol. The van der Waals surface area contributed by atoms with Crippen molar-refractivity contribution in [1.82, 2.24) is 5.32 Å². The fourth-order valence-electron chi connectivity index (χ4n) is 8.19. The molecule has 4 rings (SSSR count). The highest BCUT2D eigenvalue weighted by molar-refractivity contribution is 5.96. The van der Waals surface area contributed by atoms with Gasteiger partial charge in [-0.25, -0.2) is 4.79 Å². The lowest BCUT2D eigenvalue weighted by Crippen LogP contribution is -2.54. The van der Waals surface area contributed by atoms with Gasteiger partial charge in [0.2, 0.25) is 0 Å². The Hall–Kier alpha value is -2.86. The van der Waals surface area contributed by atoms with Gasteiger partial charge in [0.15, 0.2) is 6.61 Å². The molecule has 39 heavy (non-hydrogen) atoms. The van der Waals surface area contributed by atoms with E-state index in [2.05, 4.69) is 36.3 Å². The van der Waals surface area contributed by atoms with Crippen molar-refractivity contribution in [3.8, 4) is 12.3 Å². The Labute approximate surface area is 231 Å². The number of hydrogen-bond acceptors (Lipinski definition) is 7. The smallest absolute Gasteiger partial charge is 0.328 e. The molecule has 5 N–H and O–H groups in total. The van der Waals surface area contributed by atoms with Crippen LogP contribution >= 0.6 is 0 Å². The second kappa shape index (κ2) is 11.3. The number of esters is 1. The zero-order valence-electron chi connectivity index (χ0n) is 23.6. The summed E-state index contributed by atoms with van der Waals surface area (Å²) in [5, 5.41) is 25.4. The quantitative estimate of drug-likeness (QED) is 0.116. The number of carbonyl (C=O) groups excluding carboxylic acids is 2. The van der Waals surface area contributed by atoms with Gasteiger partial charge in [-0.1, -0.05) is 30.5 Å². The van der Waals surface area contributed by atoms with Crippen LogP contribution in [0.1, 0.15) is 84.5 Å². The Kier molecular flexibility index (Phi) is 8.46. The summed E-state index contributed by atoms with van der Waals surface area (Å²) >= 11 is 0. The van der Waals surface area contributed by atoms with E-state index in [1.54, 1.807) is 0 Å². The number of carbonyl (C=O) groups is 2. The maximum absolute atomic E-state index is 12.4. The molecule has 0 radical (unpaired) electrons. The maximum Gasteiger partial charge on any atom is 0.328 e. The van der Waals surface area contributed by atoms with Crippen LogP contribution in [0.25, 0.3) is 0 Å². The number of amidine groups is 1. The summed E-state index contributed by atoms with van der Waals surface area (Å²) < 4.78 is 4.78. The number of hydrogen-bond donors (Lipinski definition) is 4. The molecule has 0 bridgehead atoms. The second-order valence-corrected chi connectivity index (χ2v) is 12.4. The summed E-state index contributed by atoms with van der Waals surface area (Å²) in [4.78, 5) is 29.8. The van der Waals surface area contributed by atoms with Crippen molar-refractivity contribution >= 4 is 23.4 Å². The number of amides is 1. The van der Waals surface area contributed by atoms with E-state index in [9.17, 15) is 14.7 Å². The third-order valence-electron chi connectivity index (χ3n) is 10.5. The van der Waals surface area contributed by atoms with Gasteiger partial charge in [0.25, 0.3) is 5.91 Å². The molecule has 3 saturated carbocycles. The zero-order valence-corrected chi connectivity index (χ0v) is 23.6. The van der Waals surface area contributed by atoms with Gasteiger partial charge in [-0.15, -0.1) is 6.42 Å². The molecule has 9 nitrogen and oxygen atoms in total. The minimum Gasteiger partial charge on any atom is -0.467 e. The number of ether oxygens (including phenoxy) is 1. The summed E-state index contributed by atoms with van der Waals surface area (Å²) in [5.74, 6) is 3.39. The summed E-state index contributed by atoms with van der Waals surface area (Å²) in [6, 6.07) is -0.820. The minimum atomic E-state index is -0.985. The van der Waals surface area contributed by atoms with Crippen LogP contribution in [0.3, 0.4) is 0 Å². The first kappa shape index (κ1) is 29.1. The van der Waals surface area contributed by atoms with Crippen molar-refractivity contribution in [2.45, 2.75) is 96.1 Å². The molecule has 0 aromatic heterocycles. The van der Waals surface area contributed by atoms with Crippen LogP contribution < -0.4 is 11.1 Å². The van der Waals surface area contributed by atoms with Crippen LogP contribution in [0.2, 0.25) is 0 Å². The normalized spacial score (nSPS) is 36.8. The van der Waals surface area contributed by atoms with Gasteiger partial charge in [0.05, 0.1) is 18.7 Å². The van der Waals surface area contributed by atoms with Gasteiger partial charge in [-0.3, -0.25) is 10.2 Å². The summed E-state index contributed by atoms with van der Waals surface area (Å²) in [7, 11) is 1.27. The van der Waals surface area contributed by atoms with Crippen molar-refractivity contribution in [2.75, 3.05) is 13.7 Å². The molecule has 9 heteroatoms. The van der Waals surface area contributed by atoms with E-state index in [4.69, 9.17) is 27.1 Å². The average Bonchev–Trinajstić information content (AvgIpc) is 3.18. The Balaban J connectivity index is 1.35. The van der Waals surface area contributed by atoms with Gasteiger partial charge >= 0.3 is 5.97 Å². The molecule has 3 fully saturated rings. The predicted octanol–water partition coefficient (Wildman–Crippen LogP) is 3.45. The minimum absolute atomic E-state index is 0.0341. The van der Waals surface area contributed by atoms with Crippen molar-refractivity contribution in [3.63, 3.8) is 0 Å². The van der Waals surface area contributed by atoms with E-state index in [0.717, 1.165) is 50.7 Å². The molecule has 4 unspecified atom stereocenters. The number of fused-ring (bicyclic) bond motifs is 5. The molecule has 0 saturated heterocycles. The second-order valence-electron chi connectivity index (χ2n) is 12.4. The molecule has 0 aromatic carbocycles. The molecule has 0 aromatic rings. The third-order valence-corrected chi connectivity index (χ3v) is 10.5. The summed E-state index contributed by atoms with van der Waals surface area (Å²) in [6.07, 6.45) is 16.7. The molecule has 1 amide bonds. The van der Waals surface area contributed by atoms with Crippen molar-refractivity contribution < 1.29 is 24.3 Å². The number of terminal acetylenes is 1. The zero-order chi connectivity index (χ0) is 28.4. The van der Waals surface area contributed by atoms with E-state index >= 15 is 0 Å². The number of rotatable bonds is 9. The first-order valence-electron chi connectivity index (χ1n) is 14.3. The number of allylic oxidation sites excluding steroid dienone is 2. The fraction of sp³-hybridized carbons (Fsp3) is 0.733. The first-order valence-corrected chi connectivity index (χ1v) is 14.3. The Morgan fingerprint density at radius 3 is 2.69 bits per heavy atom. The van der Waals surface area contributed by atoms with Gasteiger partial charge in [0.1, 0.15) is 11.6 Å². The Morgan fingerprint density at radius 1 is 1.26 bits per heavy atom. The van der Waals surface area contributed by atoms with Crippen molar-refractivity contribution in [1.29, 1.82) is 5.41 Å². The summed E-state index contributed by atoms with van der Waals surface area (Å²) in [6.45, 7) is 4.31. The van der Waals surface area contributed by atoms with Crippen LogP contribution in [-0.4, -0.2) is 53.9 Å². The van der Waals surface area contributed by atoms with E-state index in [1.165, 1.54) is 12.7 Å². The van der Waals surface area contributed by atoms with E-state index in [0.29, 0.717) is 43.4 Å². The molecule has 0 spiro atoms. The van der Waals surface area contributed by atoms with Gasteiger partial charge in [-0.2, -0.15) is 0 Å². The van der Waals surface area contributed by atoms with Crippen LogP contribution in [0, 0.1) is 46.3 Å². The van der Waals surface area contributed by atoms with Crippen LogP contribution in [0.15, 0.2) is 16.8 Å². The highest BCUT2D eigenvalue weighted by Gasteiger charge is 2.63. The van der Waals surface area contributed by atoms with Gasteiger partial charge in [0, 0.05) is 11.8 Å². The van der Waals surface area contributed by atoms with Crippen LogP contribution in [0.4, 0.5) is 0 Å². The molecular weight excluding hydrogens is 496 g/mol. The van der Waals surface area contributed by atoms with Gasteiger partial charge < -0.3 is 25.7 Å². The standard InChI is InChI=1S/C30H44N4O5/c1-5-30(37)16-13-23-21-10-9-19-17-20(11-14-28(19,2)22(21)12-15-29(23,30)3)34-39-18-26(35)33-24(27(36)38-4)7-6-8-25(31)32/h1,17,21-24,37H,6-16,18H2,2-4H3,(H3,31,32)(H,33,35)/t21?,22?,23?,24?,28-,29-,30+/m0/s1. The Bertz CT molecular complexity index is 1100. The van der Waals surface area contributed by atoms with Crippen molar-refractivity contribution in [3.05, 3.63) is 11.6 Å². The highest BCUT2D eigenvalue weighted by atomic mass is 16.6. The molecule has 7 atom stereocenters. The number of methoxy groups -OCH3 is 1. The van der Waals surface area contributed by atoms with E-state index in [-0.39, 0.29) is 23.3 Å². The third kappa shape index (κ3) is 5.45. The van der Waals surface area contributed by atoms with Crippen LogP contribution in [-0.2, 0) is 19.2 Å². The van der Waals surface area contributed by atoms with Crippen LogP contribution in [0.5, 0.6) is 0 Å². The summed E-state index contributed by atoms with van der Waals surface area (Å²) in [5.41, 5.74) is 6.54. The highest BCUT2D eigenvalue weighted by Crippen LogP contribution is 2.67. The van der Waals surface area contributed by atoms with Gasteiger partial charge in [-0.05, 0) is 93.5 Å². The topological polar surface area (TPSA) is 147 Å². The number of nitrogens with two attached hydrogens (primary N) is 1. The fourth-order valence-corrected chi connectivity index (χ4v) is 8.19. The molecule has 4 aliphatic carbocycles. The molecule has 4 aliphatic rings. The molecule has 214 valence electrons. The largest absolute Gasteiger partial charge is 0.467 e. The average molecular weight is 541 g/mol. The van der Waals surface area contributed by atoms with E-state index < -0.39 is 23.5 Å². The Morgan fingerprint density at radius 2 is 2.00 bits per heavy atom. The molecule has 0 aliphatic heterocycles. The lowest BCUT2D eigenvalue weighted by Gasteiger charge is -2.58. The maximum atomic E-state index is 12.4. The van der Waals surface area contributed by atoms with Crippen molar-refractivity contribution in [2.24, 2.45) is 39.5 Å². The molecular formula is C30H44N4O5. The number of nitrogens with zero attached hydrogens (tertiary/aromatic N) is 1. The number of oxime groups is 1. The van der Waals surface area contributed by atoms with E-state index in [1.807, 2.05) is 0 Å². The lowest BCUT2D eigenvalue weighted by molar-refractivity contribution is -0.145. The lowest BCUT2D eigenvalue weighted by atomic mass is 9.46. The monoisotopic (exact) mass is 540 g/mol. The number of nitrogens with one attached hydrogen (secondary N) is 2. The molecule has 0 heterocycles.